The monoisotopic (exact) mass is 279 g/mol. The lowest BCUT2D eigenvalue weighted by molar-refractivity contribution is 0.695. The van der Waals surface area contributed by atoms with E-state index in [0.29, 0.717) is 0 Å². The lowest BCUT2D eigenvalue weighted by atomic mass is 9.96. The van der Waals surface area contributed by atoms with E-state index in [-0.39, 0.29) is 5.41 Å². The maximum Gasteiger partial charge on any atom is 0.191 e. The number of benzene rings is 1. The van der Waals surface area contributed by atoms with Crippen LogP contribution in [0.3, 0.4) is 0 Å². The van der Waals surface area contributed by atoms with E-state index in [1.54, 1.807) is 0 Å². The second-order valence-corrected chi connectivity index (χ2v) is 5.39. The molecule has 0 heterocycles. The van der Waals surface area contributed by atoms with Gasteiger partial charge in [0.1, 0.15) is 0 Å². The van der Waals surface area contributed by atoms with E-state index >= 15 is 0 Å². The molecule has 3 nitrogen and oxygen atoms in total. The Hall–Kier alpha value is -1.22. The van der Waals surface area contributed by atoms with Crippen molar-refractivity contribution in [3.05, 3.63) is 34.9 Å². The standard InChI is InChI=1S/C15H22ClN3/c1-3-17-14(18-4-2)19-11-15(9-10-15)12-7-5-6-8-13(12)16/h5-8H,3-4,9-11H2,1-2H3,(H2,17,18,19). The first-order valence-corrected chi connectivity index (χ1v) is 7.37. The van der Waals surface area contributed by atoms with Crippen molar-refractivity contribution in [2.24, 2.45) is 4.99 Å². The maximum absolute atomic E-state index is 6.31. The lowest BCUT2D eigenvalue weighted by Crippen LogP contribution is -2.37. The average Bonchev–Trinajstić information content (AvgIpc) is 3.18. The van der Waals surface area contributed by atoms with Gasteiger partial charge in [0.05, 0.1) is 6.54 Å². The molecule has 0 saturated heterocycles. The molecule has 0 aromatic heterocycles. The van der Waals surface area contributed by atoms with Crippen LogP contribution < -0.4 is 10.6 Å². The van der Waals surface area contributed by atoms with Gasteiger partial charge >= 0.3 is 0 Å². The predicted octanol–water partition coefficient (Wildman–Crippen LogP) is 2.95. The van der Waals surface area contributed by atoms with Gasteiger partial charge in [-0.1, -0.05) is 29.8 Å². The van der Waals surface area contributed by atoms with Crippen LogP contribution in [-0.2, 0) is 5.41 Å². The Balaban J connectivity index is 2.09. The first kappa shape index (κ1) is 14.2. The SMILES string of the molecule is CCNC(=NCC1(c2ccccc2Cl)CC1)NCC. The van der Waals surface area contributed by atoms with E-state index in [2.05, 4.69) is 36.6 Å². The largest absolute Gasteiger partial charge is 0.357 e. The second kappa shape index (κ2) is 6.29. The molecule has 4 heteroatoms. The van der Waals surface area contributed by atoms with E-state index < -0.39 is 0 Å². The van der Waals surface area contributed by atoms with Gasteiger partial charge in [0.15, 0.2) is 5.96 Å². The molecule has 0 unspecified atom stereocenters. The molecule has 1 fully saturated rings. The number of rotatable bonds is 5. The minimum Gasteiger partial charge on any atom is -0.357 e. The zero-order valence-corrected chi connectivity index (χ0v) is 12.4. The smallest absolute Gasteiger partial charge is 0.191 e. The molecule has 0 spiro atoms. The highest BCUT2D eigenvalue weighted by atomic mass is 35.5. The molecule has 2 rings (SSSR count). The third kappa shape index (κ3) is 3.41. The quantitative estimate of drug-likeness (QED) is 0.642. The summed E-state index contributed by atoms with van der Waals surface area (Å²) in [6.45, 7) is 6.71. The zero-order chi connectivity index (χ0) is 13.7. The summed E-state index contributed by atoms with van der Waals surface area (Å²) in [6.07, 6.45) is 2.34. The summed E-state index contributed by atoms with van der Waals surface area (Å²) in [5.74, 6) is 0.892. The fourth-order valence-electron chi connectivity index (χ4n) is 2.29. The summed E-state index contributed by atoms with van der Waals surface area (Å²) in [7, 11) is 0. The Labute approximate surface area is 120 Å². The molecule has 19 heavy (non-hydrogen) atoms. The molecule has 0 bridgehead atoms. The van der Waals surface area contributed by atoms with Gasteiger partial charge in [-0.05, 0) is 38.3 Å². The molecule has 1 aliphatic rings. The van der Waals surface area contributed by atoms with Gasteiger partial charge < -0.3 is 10.6 Å². The van der Waals surface area contributed by atoms with Gasteiger partial charge in [-0.2, -0.15) is 0 Å². The molecule has 2 N–H and O–H groups in total. The summed E-state index contributed by atoms with van der Waals surface area (Å²) in [6, 6.07) is 8.13. The molecule has 0 amide bonds. The fourth-order valence-corrected chi connectivity index (χ4v) is 2.63. The summed E-state index contributed by atoms with van der Waals surface area (Å²) >= 11 is 6.31. The van der Waals surface area contributed by atoms with Gasteiger partial charge in [0.2, 0.25) is 0 Å². The van der Waals surface area contributed by atoms with Gasteiger partial charge in [-0.3, -0.25) is 4.99 Å². The Morgan fingerprint density at radius 3 is 2.37 bits per heavy atom. The molecule has 0 radical (unpaired) electrons. The van der Waals surface area contributed by atoms with Crippen LogP contribution in [-0.4, -0.2) is 25.6 Å². The Morgan fingerprint density at radius 1 is 1.21 bits per heavy atom. The van der Waals surface area contributed by atoms with E-state index in [0.717, 1.165) is 30.6 Å². The highest BCUT2D eigenvalue weighted by molar-refractivity contribution is 6.31. The highest BCUT2D eigenvalue weighted by Crippen LogP contribution is 2.50. The van der Waals surface area contributed by atoms with Gasteiger partial charge in [-0.15, -0.1) is 0 Å². The number of hydrogen-bond acceptors (Lipinski definition) is 1. The maximum atomic E-state index is 6.31. The van der Waals surface area contributed by atoms with Gasteiger partial charge in [0, 0.05) is 23.5 Å². The summed E-state index contributed by atoms with van der Waals surface area (Å²) in [5, 5.41) is 7.38. The van der Waals surface area contributed by atoms with Crippen LogP contribution in [0.2, 0.25) is 5.02 Å². The number of guanidine groups is 1. The van der Waals surface area contributed by atoms with Crippen molar-refractivity contribution in [1.29, 1.82) is 0 Å². The van der Waals surface area contributed by atoms with Crippen molar-refractivity contribution in [3.8, 4) is 0 Å². The van der Waals surface area contributed by atoms with Crippen molar-refractivity contribution >= 4 is 17.6 Å². The van der Waals surface area contributed by atoms with Crippen LogP contribution in [0.4, 0.5) is 0 Å². The Bertz CT molecular complexity index is 444. The first-order chi connectivity index (χ1) is 9.22. The summed E-state index contributed by atoms with van der Waals surface area (Å²) in [5.41, 5.74) is 1.40. The van der Waals surface area contributed by atoms with Crippen LogP contribution in [0.5, 0.6) is 0 Å². The van der Waals surface area contributed by atoms with Crippen LogP contribution in [0.25, 0.3) is 0 Å². The number of nitrogens with zero attached hydrogens (tertiary/aromatic N) is 1. The molecule has 1 aromatic carbocycles. The van der Waals surface area contributed by atoms with Crippen molar-refractivity contribution in [2.75, 3.05) is 19.6 Å². The Kier molecular flexibility index (Phi) is 4.70. The second-order valence-electron chi connectivity index (χ2n) is 4.99. The minimum atomic E-state index is 0.161. The van der Waals surface area contributed by atoms with E-state index in [4.69, 9.17) is 16.6 Å². The first-order valence-electron chi connectivity index (χ1n) is 6.99. The molecular weight excluding hydrogens is 258 g/mol. The van der Waals surface area contributed by atoms with E-state index in [1.807, 2.05) is 12.1 Å². The van der Waals surface area contributed by atoms with Gasteiger partial charge in [0.25, 0.3) is 0 Å². The van der Waals surface area contributed by atoms with Gasteiger partial charge in [-0.25, -0.2) is 0 Å². The van der Waals surface area contributed by atoms with E-state index in [9.17, 15) is 0 Å². The zero-order valence-electron chi connectivity index (χ0n) is 11.7. The van der Waals surface area contributed by atoms with Crippen LogP contribution in [0.15, 0.2) is 29.3 Å². The van der Waals surface area contributed by atoms with Crippen molar-refractivity contribution in [2.45, 2.75) is 32.1 Å². The molecule has 1 saturated carbocycles. The third-order valence-corrected chi connectivity index (χ3v) is 3.86. The number of aliphatic imine (C=N–C) groups is 1. The average molecular weight is 280 g/mol. The molecule has 1 aliphatic carbocycles. The van der Waals surface area contributed by atoms with Crippen molar-refractivity contribution in [3.63, 3.8) is 0 Å². The van der Waals surface area contributed by atoms with Crippen LogP contribution >= 0.6 is 11.6 Å². The Morgan fingerprint density at radius 2 is 1.84 bits per heavy atom. The van der Waals surface area contributed by atoms with Crippen molar-refractivity contribution in [1.82, 2.24) is 10.6 Å². The fraction of sp³-hybridized carbons (Fsp3) is 0.533. The molecule has 0 atom stereocenters. The predicted molar refractivity (Wildman–Crippen MR) is 82.0 cm³/mol. The lowest BCUT2D eigenvalue weighted by Gasteiger charge is -2.16. The number of nitrogens with one attached hydrogen (secondary N) is 2. The number of hydrogen-bond donors (Lipinski definition) is 2. The normalized spacial score (nSPS) is 15.7. The number of halogens is 1. The topological polar surface area (TPSA) is 36.4 Å². The highest BCUT2D eigenvalue weighted by Gasteiger charge is 2.45. The van der Waals surface area contributed by atoms with Crippen LogP contribution in [0.1, 0.15) is 32.3 Å². The molecule has 104 valence electrons. The molecule has 0 aliphatic heterocycles. The summed E-state index contributed by atoms with van der Waals surface area (Å²) < 4.78 is 0. The minimum absolute atomic E-state index is 0.161. The molecule has 1 aromatic rings. The van der Waals surface area contributed by atoms with E-state index in [1.165, 1.54) is 18.4 Å². The summed E-state index contributed by atoms with van der Waals surface area (Å²) in [4.78, 5) is 4.69. The third-order valence-electron chi connectivity index (χ3n) is 3.53. The molecular formula is C15H22ClN3. The van der Waals surface area contributed by atoms with Crippen molar-refractivity contribution < 1.29 is 0 Å². The van der Waals surface area contributed by atoms with Crippen LogP contribution in [0, 0.1) is 0 Å².